The Kier molecular flexibility index (Phi) is 6.57. The zero-order valence-corrected chi connectivity index (χ0v) is 17.5. The zero-order chi connectivity index (χ0) is 22.3. The van der Waals surface area contributed by atoms with Crippen molar-refractivity contribution in [2.75, 3.05) is 41.7 Å². The summed E-state index contributed by atoms with van der Waals surface area (Å²) in [6.45, 7) is 4.35. The number of anilines is 4. The number of carbonyl (C=O) groups excluding carboxylic acids is 1. The van der Waals surface area contributed by atoms with Crippen LogP contribution >= 0.6 is 0 Å². The summed E-state index contributed by atoms with van der Waals surface area (Å²) in [4.78, 5) is 29.3. The fourth-order valence-corrected chi connectivity index (χ4v) is 3.61. The molecule has 9 heteroatoms. The third-order valence-electron chi connectivity index (χ3n) is 5.29. The maximum atomic E-state index is 11.8. The van der Waals surface area contributed by atoms with Crippen LogP contribution in [-0.4, -0.2) is 37.1 Å². The molecule has 0 saturated carbocycles. The second kappa shape index (κ2) is 9.88. The fourth-order valence-electron chi connectivity index (χ4n) is 3.61. The van der Waals surface area contributed by atoms with E-state index in [4.69, 9.17) is 5.73 Å². The number of rotatable bonds is 8. The van der Waals surface area contributed by atoms with Crippen LogP contribution in [0.5, 0.6) is 0 Å². The smallest absolute Gasteiger partial charge is 0.252 e. The highest BCUT2D eigenvalue weighted by Crippen LogP contribution is 2.24. The lowest BCUT2D eigenvalue weighted by Crippen LogP contribution is -2.43. The van der Waals surface area contributed by atoms with Gasteiger partial charge in [-0.25, -0.2) is 4.98 Å². The molecule has 1 aliphatic rings. The van der Waals surface area contributed by atoms with Crippen LogP contribution < -0.4 is 26.6 Å². The lowest BCUT2D eigenvalue weighted by Gasteiger charge is -2.29. The number of nitrogens with two attached hydrogens (primary N) is 1. The summed E-state index contributed by atoms with van der Waals surface area (Å²) >= 11 is 0. The van der Waals surface area contributed by atoms with Crippen molar-refractivity contribution in [3.8, 4) is 0 Å². The zero-order valence-electron chi connectivity index (χ0n) is 17.5. The number of aromatic nitrogens is 1. The molecule has 4 rings (SSSR count). The van der Waals surface area contributed by atoms with Crippen LogP contribution in [0.3, 0.4) is 0 Å². The molecule has 2 aromatic carbocycles. The van der Waals surface area contributed by atoms with E-state index in [0.29, 0.717) is 23.7 Å². The minimum absolute atomic E-state index is 0.286. The average Bonchev–Trinajstić information content (AvgIpc) is 2.84. The number of nitrogens with zero attached hydrogens (tertiary/aromatic N) is 3. The Morgan fingerprint density at radius 1 is 1.12 bits per heavy atom. The van der Waals surface area contributed by atoms with Gasteiger partial charge in [-0.2, -0.15) is 0 Å². The molecular weight excluding hydrogens is 406 g/mol. The Morgan fingerprint density at radius 3 is 2.62 bits per heavy atom. The number of carbonyl (C=O) groups is 1. The summed E-state index contributed by atoms with van der Waals surface area (Å²) in [5, 5.41) is 12.8. The number of amides is 1. The topological polar surface area (TPSA) is 125 Å². The highest BCUT2D eigenvalue weighted by atomic mass is 16.3. The predicted molar refractivity (Wildman–Crippen MR) is 127 cm³/mol. The highest BCUT2D eigenvalue weighted by Gasteiger charge is 2.12. The van der Waals surface area contributed by atoms with Crippen LogP contribution in [0.25, 0.3) is 0 Å². The van der Waals surface area contributed by atoms with Gasteiger partial charge >= 0.3 is 0 Å². The molecule has 2 heterocycles. The van der Waals surface area contributed by atoms with Gasteiger partial charge < -0.3 is 26.6 Å². The van der Waals surface area contributed by atoms with Crippen molar-refractivity contribution in [1.82, 2.24) is 10.3 Å². The number of benzene rings is 2. The van der Waals surface area contributed by atoms with Gasteiger partial charge in [0, 0.05) is 56.4 Å². The molecule has 0 bridgehead atoms. The van der Waals surface area contributed by atoms with Gasteiger partial charge in [-0.3, -0.25) is 4.79 Å². The molecule has 0 unspecified atom stereocenters. The lowest BCUT2D eigenvalue weighted by molar-refractivity contribution is 0.100. The Bertz CT molecular complexity index is 1100. The monoisotopic (exact) mass is 431 g/mol. The molecule has 5 N–H and O–H groups in total. The molecule has 0 radical (unpaired) electrons. The molecule has 1 aliphatic heterocycles. The number of nitrogens with one attached hydrogen (secondary N) is 3. The summed E-state index contributed by atoms with van der Waals surface area (Å²) in [6, 6.07) is 16.9. The Balaban J connectivity index is 1.48. The van der Waals surface area contributed by atoms with Crippen LogP contribution in [0.15, 0.2) is 66.0 Å². The standard InChI is InChI=1S/C23H25N7O2/c24-23(31)20-15-27-22(13-21(20)26-14-16-2-1-3-18(12-16)29-32)28-17-4-6-19(7-5-17)30-10-8-25-9-11-30/h1-7,12-13,15,25H,8-11,14H2,(H2,24,31)(H2,26,27,28). The third kappa shape index (κ3) is 5.19. The molecule has 164 valence electrons. The first-order valence-electron chi connectivity index (χ1n) is 10.4. The molecule has 0 aliphatic carbocycles. The van der Waals surface area contributed by atoms with Crippen LogP contribution in [0, 0.1) is 4.91 Å². The van der Waals surface area contributed by atoms with E-state index in [1.807, 2.05) is 18.2 Å². The molecule has 1 amide bonds. The Labute approximate surface area is 186 Å². The van der Waals surface area contributed by atoms with Crippen LogP contribution in [0.1, 0.15) is 15.9 Å². The Morgan fingerprint density at radius 2 is 1.91 bits per heavy atom. The minimum Gasteiger partial charge on any atom is -0.380 e. The SMILES string of the molecule is NC(=O)c1cnc(Nc2ccc(N3CCNCC3)cc2)cc1NCc1cccc(N=O)c1. The summed E-state index contributed by atoms with van der Waals surface area (Å²) in [7, 11) is 0. The van der Waals surface area contributed by atoms with Crippen molar-refractivity contribution in [3.05, 3.63) is 76.8 Å². The first-order chi connectivity index (χ1) is 15.6. The van der Waals surface area contributed by atoms with Gasteiger partial charge in [-0.1, -0.05) is 12.1 Å². The van der Waals surface area contributed by atoms with Crippen molar-refractivity contribution < 1.29 is 4.79 Å². The predicted octanol–water partition coefficient (Wildman–Crippen LogP) is 3.34. The van der Waals surface area contributed by atoms with E-state index in [1.165, 1.54) is 11.9 Å². The van der Waals surface area contributed by atoms with E-state index < -0.39 is 5.91 Å². The normalized spacial score (nSPS) is 13.4. The average molecular weight is 432 g/mol. The first-order valence-corrected chi connectivity index (χ1v) is 10.4. The molecule has 0 atom stereocenters. The van der Waals surface area contributed by atoms with E-state index >= 15 is 0 Å². The van der Waals surface area contributed by atoms with E-state index in [0.717, 1.165) is 37.4 Å². The fraction of sp³-hybridized carbons (Fsp3) is 0.217. The van der Waals surface area contributed by atoms with Crippen molar-refractivity contribution in [2.24, 2.45) is 10.9 Å². The van der Waals surface area contributed by atoms with E-state index in [1.54, 1.807) is 24.3 Å². The quantitative estimate of drug-likeness (QED) is 0.403. The molecule has 0 spiro atoms. The van der Waals surface area contributed by atoms with Gasteiger partial charge in [0.05, 0.1) is 11.3 Å². The van der Waals surface area contributed by atoms with Crippen molar-refractivity contribution >= 4 is 34.5 Å². The van der Waals surface area contributed by atoms with Gasteiger partial charge in [0.25, 0.3) is 5.91 Å². The van der Waals surface area contributed by atoms with Crippen molar-refractivity contribution in [1.29, 1.82) is 0 Å². The number of primary amides is 1. The second-order valence-corrected chi connectivity index (χ2v) is 7.50. The van der Waals surface area contributed by atoms with E-state index in [-0.39, 0.29) is 5.56 Å². The lowest BCUT2D eigenvalue weighted by atomic mass is 10.1. The van der Waals surface area contributed by atoms with Gasteiger partial charge in [0.15, 0.2) is 0 Å². The molecule has 1 aromatic heterocycles. The third-order valence-corrected chi connectivity index (χ3v) is 5.29. The largest absolute Gasteiger partial charge is 0.380 e. The molecule has 9 nitrogen and oxygen atoms in total. The molecule has 1 fully saturated rings. The van der Waals surface area contributed by atoms with E-state index in [2.05, 4.69) is 43.1 Å². The molecule has 1 saturated heterocycles. The van der Waals surface area contributed by atoms with Crippen molar-refractivity contribution in [3.63, 3.8) is 0 Å². The first kappa shape index (κ1) is 21.3. The number of hydrogen-bond donors (Lipinski definition) is 4. The summed E-state index contributed by atoms with van der Waals surface area (Å²) in [5.74, 6) is 0.00552. The number of hydrogen-bond acceptors (Lipinski definition) is 8. The van der Waals surface area contributed by atoms with E-state index in [9.17, 15) is 9.70 Å². The number of piperazine rings is 1. The molecule has 32 heavy (non-hydrogen) atoms. The minimum atomic E-state index is -0.574. The summed E-state index contributed by atoms with van der Waals surface area (Å²) in [5.41, 5.74) is 9.63. The maximum Gasteiger partial charge on any atom is 0.252 e. The van der Waals surface area contributed by atoms with Crippen LogP contribution in [-0.2, 0) is 6.54 Å². The van der Waals surface area contributed by atoms with Gasteiger partial charge in [0.1, 0.15) is 11.5 Å². The second-order valence-electron chi connectivity index (χ2n) is 7.50. The Hall–Kier alpha value is -3.98. The molecule has 3 aromatic rings. The summed E-state index contributed by atoms with van der Waals surface area (Å²) < 4.78 is 0. The van der Waals surface area contributed by atoms with Gasteiger partial charge in [-0.05, 0) is 47.1 Å². The number of pyridine rings is 1. The maximum absolute atomic E-state index is 11.8. The van der Waals surface area contributed by atoms with Crippen LogP contribution in [0.2, 0.25) is 0 Å². The summed E-state index contributed by atoms with van der Waals surface area (Å²) in [6.07, 6.45) is 1.45. The van der Waals surface area contributed by atoms with Gasteiger partial charge in [0.2, 0.25) is 0 Å². The van der Waals surface area contributed by atoms with Crippen LogP contribution in [0.4, 0.5) is 28.6 Å². The molecular formula is C23H25N7O2. The van der Waals surface area contributed by atoms with Gasteiger partial charge in [-0.15, -0.1) is 4.91 Å². The van der Waals surface area contributed by atoms with Crippen molar-refractivity contribution in [2.45, 2.75) is 6.54 Å². The highest BCUT2D eigenvalue weighted by molar-refractivity contribution is 5.98. The number of nitroso groups, excluding NO2 is 1.